The van der Waals surface area contributed by atoms with E-state index in [-0.39, 0.29) is 16.9 Å². The monoisotopic (exact) mass is 430 g/mol. The molecule has 2 aromatic carbocycles. The number of carbonyl (C=O) groups is 2. The number of nitrogens with zero attached hydrogens (tertiary/aromatic N) is 2. The molecule has 1 aliphatic rings. The Morgan fingerprint density at radius 2 is 1.80 bits per heavy atom. The first-order valence-electron chi connectivity index (χ1n) is 9.89. The second kappa shape index (κ2) is 9.41. The maximum absolute atomic E-state index is 13.3. The summed E-state index contributed by atoms with van der Waals surface area (Å²) >= 11 is 6.16. The van der Waals surface area contributed by atoms with Crippen molar-refractivity contribution in [1.82, 2.24) is 9.80 Å². The van der Waals surface area contributed by atoms with Crippen molar-refractivity contribution in [1.29, 1.82) is 0 Å². The Hall–Kier alpha value is -2.70. The van der Waals surface area contributed by atoms with Crippen LogP contribution in [-0.4, -0.2) is 52.8 Å². The third-order valence-corrected chi connectivity index (χ3v) is 5.61. The standard InChI is InChI=1S/C23H24ClFN2O3/c1-3-26(4-2)12-13-27-20(16-6-5-7-17(24)14-16)19(22(29)23(27)30)21(28)15-8-10-18(25)11-9-15/h5-11,14,20,28H,3-4,12-13H2,1-2H3/b21-19+/t20-/m0/s1. The first kappa shape index (κ1) is 22.0. The molecule has 30 heavy (non-hydrogen) atoms. The topological polar surface area (TPSA) is 60.9 Å². The van der Waals surface area contributed by atoms with Crippen LogP contribution in [0.1, 0.15) is 31.0 Å². The Morgan fingerprint density at radius 3 is 2.40 bits per heavy atom. The number of likely N-dealkylation sites (tertiary alicyclic amines) is 1. The minimum atomic E-state index is -0.774. The van der Waals surface area contributed by atoms with Gasteiger partial charge in [0.15, 0.2) is 0 Å². The van der Waals surface area contributed by atoms with Gasteiger partial charge in [0.2, 0.25) is 0 Å². The van der Waals surface area contributed by atoms with Gasteiger partial charge in [-0.1, -0.05) is 37.6 Å². The molecule has 1 heterocycles. The summed E-state index contributed by atoms with van der Waals surface area (Å²) in [7, 11) is 0. The second-order valence-electron chi connectivity index (χ2n) is 7.08. The largest absolute Gasteiger partial charge is 0.507 e. The zero-order chi connectivity index (χ0) is 21.8. The second-order valence-corrected chi connectivity index (χ2v) is 7.52. The van der Waals surface area contributed by atoms with Crippen LogP contribution >= 0.6 is 11.6 Å². The Morgan fingerprint density at radius 1 is 1.13 bits per heavy atom. The third kappa shape index (κ3) is 4.40. The van der Waals surface area contributed by atoms with Gasteiger partial charge in [-0.15, -0.1) is 0 Å². The van der Waals surface area contributed by atoms with Gasteiger partial charge in [0.25, 0.3) is 11.7 Å². The fourth-order valence-electron chi connectivity index (χ4n) is 3.69. The highest BCUT2D eigenvalue weighted by atomic mass is 35.5. The SMILES string of the molecule is CCN(CC)CCN1C(=O)C(=O)/C(=C(/O)c2ccc(F)cc2)[C@@H]1c1cccc(Cl)c1. The lowest BCUT2D eigenvalue weighted by molar-refractivity contribution is -0.140. The number of hydrogen-bond donors (Lipinski definition) is 1. The number of likely N-dealkylation sites (N-methyl/N-ethyl adjacent to an activating group) is 1. The molecule has 0 aliphatic carbocycles. The molecule has 0 radical (unpaired) electrons. The van der Waals surface area contributed by atoms with E-state index < -0.39 is 23.5 Å². The van der Waals surface area contributed by atoms with E-state index in [2.05, 4.69) is 4.90 Å². The lowest BCUT2D eigenvalue weighted by Crippen LogP contribution is -2.38. The molecule has 158 valence electrons. The van der Waals surface area contributed by atoms with E-state index in [0.717, 1.165) is 13.1 Å². The molecule has 1 fully saturated rings. The van der Waals surface area contributed by atoms with E-state index >= 15 is 0 Å². The van der Waals surface area contributed by atoms with Crippen molar-refractivity contribution in [3.8, 4) is 0 Å². The van der Waals surface area contributed by atoms with Gasteiger partial charge in [0, 0.05) is 23.7 Å². The number of amides is 1. The first-order chi connectivity index (χ1) is 14.4. The summed E-state index contributed by atoms with van der Waals surface area (Å²) in [6, 6.07) is 11.3. The van der Waals surface area contributed by atoms with Crippen LogP contribution in [0.5, 0.6) is 0 Å². The molecule has 0 aromatic heterocycles. The van der Waals surface area contributed by atoms with Crippen LogP contribution in [0.2, 0.25) is 5.02 Å². The zero-order valence-electron chi connectivity index (χ0n) is 16.9. The molecule has 1 N–H and O–H groups in total. The van der Waals surface area contributed by atoms with Crippen LogP contribution < -0.4 is 0 Å². The van der Waals surface area contributed by atoms with E-state index in [1.807, 2.05) is 13.8 Å². The Bertz CT molecular complexity index is 971. The highest BCUT2D eigenvalue weighted by Crippen LogP contribution is 2.39. The van der Waals surface area contributed by atoms with Crippen LogP contribution in [0.4, 0.5) is 4.39 Å². The molecule has 0 spiro atoms. The summed E-state index contributed by atoms with van der Waals surface area (Å²) in [5, 5.41) is 11.4. The normalized spacial score (nSPS) is 18.4. The van der Waals surface area contributed by atoms with Crippen molar-refractivity contribution in [3.63, 3.8) is 0 Å². The van der Waals surface area contributed by atoms with Gasteiger partial charge in [-0.2, -0.15) is 0 Å². The van der Waals surface area contributed by atoms with Gasteiger partial charge in [0.1, 0.15) is 11.6 Å². The molecule has 3 rings (SSSR count). The molecule has 1 atom stereocenters. The summed E-state index contributed by atoms with van der Waals surface area (Å²) in [5.74, 6) is -2.22. The van der Waals surface area contributed by atoms with Crippen molar-refractivity contribution in [3.05, 3.63) is 76.1 Å². The number of rotatable bonds is 7. The minimum absolute atomic E-state index is 0.0200. The highest BCUT2D eigenvalue weighted by Gasteiger charge is 2.46. The first-order valence-corrected chi connectivity index (χ1v) is 10.3. The fraction of sp³-hybridized carbons (Fsp3) is 0.304. The Kier molecular flexibility index (Phi) is 6.90. The Labute approximate surface area is 180 Å². The number of aliphatic hydroxyl groups excluding tert-OH is 1. The molecule has 1 saturated heterocycles. The molecular formula is C23H24ClFN2O3. The average Bonchev–Trinajstić information content (AvgIpc) is 2.99. The van der Waals surface area contributed by atoms with Crippen LogP contribution in [0.25, 0.3) is 5.76 Å². The van der Waals surface area contributed by atoms with E-state index in [4.69, 9.17) is 11.6 Å². The molecule has 1 amide bonds. The smallest absolute Gasteiger partial charge is 0.295 e. The molecular weight excluding hydrogens is 407 g/mol. The van der Waals surface area contributed by atoms with E-state index in [9.17, 15) is 19.1 Å². The summed E-state index contributed by atoms with van der Waals surface area (Å²) in [6.07, 6.45) is 0. The molecule has 7 heteroatoms. The number of benzene rings is 2. The predicted molar refractivity (Wildman–Crippen MR) is 115 cm³/mol. The van der Waals surface area contributed by atoms with Crippen LogP contribution in [0, 0.1) is 5.82 Å². The molecule has 0 unspecified atom stereocenters. The van der Waals surface area contributed by atoms with Gasteiger partial charge >= 0.3 is 0 Å². The number of Topliss-reactive ketones (excluding diaryl/α,β-unsaturated/α-hetero) is 1. The van der Waals surface area contributed by atoms with Gasteiger partial charge < -0.3 is 14.9 Å². The number of carbonyl (C=O) groups excluding carboxylic acids is 2. The zero-order valence-corrected chi connectivity index (χ0v) is 17.7. The number of hydrogen-bond acceptors (Lipinski definition) is 4. The minimum Gasteiger partial charge on any atom is -0.507 e. The van der Waals surface area contributed by atoms with Gasteiger partial charge in [-0.05, 0) is 55.1 Å². The third-order valence-electron chi connectivity index (χ3n) is 5.37. The highest BCUT2D eigenvalue weighted by molar-refractivity contribution is 6.46. The number of aliphatic hydroxyl groups is 1. The molecule has 0 bridgehead atoms. The Balaban J connectivity index is 2.09. The average molecular weight is 431 g/mol. The number of ketones is 1. The van der Waals surface area contributed by atoms with Crippen molar-refractivity contribution in [2.75, 3.05) is 26.2 Å². The summed E-state index contributed by atoms with van der Waals surface area (Å²) < 4.78 is 13.3. The van der Waals surface area contributed by atoms with Gasteiger partial charge in [-0.25, -0.2) is 4.39 Å². The van der Waals surface area contributed by atoms with Crippen molar-refractivity contribution >= 4 is 29.1 Å². The van der Waals surface area contributed by atoms with E-state index in [1.54, 1.807) is 24.3 Å². The molecule has 0 saturated carbocycles. The van der Waals surface area contributed by atoms with Crippen molar-refractivity contribution < 1.29 is 19.1 Å². The van der Waals surface area contributed by atoms with Gasteiger partial charge in [-0.3, -0.25) is 9.59 Å². The molecule has 1 aliphatic heterocycles. The fourth-order valence-corrected chi connectivity index (χ4v) is 3.88. The van der Waals surface area contributed by atoms with Gasteiger partial charge in [0.05, 0.1) is 11.6 Å². The summed E-state index contributed by atoms with van der Waals surface area (Å²) in [6.45, 7) is 6.61. The maximum atomic E-state index is 13.3. The van der Waals surface area contributed by atoms with E-state index in [0.29, 0.717) is 23.7 Å². The summed E-state index contributed by atoms with van der Waals surface area (Å²) in [5.41, 5.74) is 0.878. The maximum Gasteiger partial charge on any atom is 0.295 e. The van der Waals surface area contributed by atoms with E-state index in [1.165, 1.54) is 29.2 Å². The predicted octanol–water partition coefficient (Wildman–Crippen LogP) is 4.24. The van der Waals surface area contributed by atoms with Crippen LogP contribution in [0.3, 0.4) is 0 Å². The van der Waals surface area contributed by atoms with Crippen LogP contribution in [0.15, 0.2) is 54.1 Å². The lowest BCUT2D eigenvalue weighted by atomic mass is 9.95. The summed E-state index contributed by atoms with van der Waals surface area (Å²) in [4.78, 5) is 29.4. The molecule has 5 nitrogen and oxygen atoms in total. The number of halogens is 2. The van der Waals surface area contributed by atoms with Crippen LogP contribution in [-0.2, 0) is 9.59 Å². The van der Waals surface area contributed by atoms with Crippen molar-refractivity contribution in [2.24, 2.45) is 0 Å². The quantitative estimate of drug-likeness (QED) is 0.405. The lowest BCUT2D eigenvalue weighted by Gasteiger charge is -2.28. The van der Waals surface area contributed by atoms with Crippen molar-refractivity contribution in [2.45, 2.75) is 19.9 Å². The molecule has 2 aromatic rings.